The molecule has 0 saturated heterocycles. The first-order chi connectivity index (χ1) is 7.11. The summed E-state index contributed by atoms with van der Waals surface area (Å²) < 4.78 is 4.86. The van der Waals surface area contributed by atoms with Crippen molar-refractivity contribution in [3.63, 3.8) is 0 Å². The minimum atomic E-state index is -0.756. The highest BCUT2D eigenvalue weighted by molar-refractivity contribution is 6.34. The molecule has 15 heavy (non-hydrogen) atoms. The van der Waals surface area contributed by atoms with E-state index in [0.717, 1.165) is 5.56 Å². The number of carbonyl (C=O) groups is 2. The van der Waals surface area contributed by atoms with E-state index in [2.05, 4.69) is 0 Å². The first kappa shape index (κ1) is 11.4. The number of carbonyl (C=O) groups excluding carboxylic acids is 2. The van der Waals surface area contributed by atoms with Crippen LogP contribution >= 0.6 is 0 Å². The van der Waals surface area contributed by atoms with Gasteiger partial charge in [-0.1, -0.05) is 44.2 Å². The van der Waals surface area contributed by atoms with Crippen LogP contribution in [0.5, 0.6) is 0 Å². The third kappa shape index (κ3) is 3.54. The predicted molar refractivity (Wildman–Crippen MR) is 56.1 cm³/mol. The molecule has 0 aromatic heterocycles. The van der Waals surface area contributed by atoms with E-state index in [1.165, 1.54) is 0 Å². The molecule has 1 aromatic rings. The van der Waals surface area contributed by atoms with E-state index in [-0.39, 0.29) is 12.5 Å². The second-order valence-corrected chi connectivity index (χ2v) is 3.58. The summed E-state index contributed by atoms with van der Waals surface area (Å²) >= 11 is 0. The van der Waals surface area contributed by atoms with Gasteiger partial charge in [-0.15, -0.1) is 0 Å². The molecule has 0 aliphatic carbocycles. The Morgan fingerprint density at radius 2 is 1.80 bits per heavy atom. The summed E-state index contributed by atoms with van der Waals surface area (Å²) in [6.07, 6.45) is 0. The van der Waals surface area contributed by atoms with E-state index in [4.69, 9.17) is 4.74 Å². The van der Waals surface area contributed by atoms with E-state index in [9.17, 15) is 9.59 Å². The van der Waals surface area contributed by atoms with Gasteiger partial charge in [0.2, 0.25) is 5.78 Å². The van der Waals surface area contributed by atoms with Crippen molar-refractivity contribution in [2.75, 3.05) is 0 Å². The summed E-state index contributed by atoms with van der Waals surface area (Å²) in [7, 11) is 0. The zero-order valence-electron chi connectivity index (χ0n) is 8.90. The van der Waals surface area contributed by atoms with Crippen molar-refractivity contribution < 1.29 is 14.3 Å². The fourth-order valence-corrected chi connectivity index (χ4v) is 1.03. The zero-order valence-corrected chi connectivity index (χ0v) is 8.90. The van der Waals surface area contributed by atoms with Gasteiger partial charge >= 0.3 is 5.97 Å². The molecule has 1 rings (SSSR count). The van der Waals surface area contributed by atoms with Gasteiger partial charge in [0.1, 0.15) is 6.61 Å². The SMILES string of the molecule is CC(C)C(=O)C(=O)OCc1ccccc1. The maximum absolute atomic E-state index is 11.2. The van der Waals surface area contributed by atoms with Crippen LogP contribution in [0, 0.1) is 5.92 Å². The maximum atomic E-state index is 11.2. The molecule has 0 atom stereocenters. The Labute approximate surface area is 89.1 Å². The molecular weight excluding hydrogens is 192 g/mol. The lowest BCUT2D eigenvalue weighted by Gasteiger charge is -2.05. The third-order valence-electron chi connectivity index (χ3n) is 1.94. The minimum Gasteiger partial charge on any atom is -0.455 e. The highest BCUT2D eigenvalue weighted by atomic mass is 16.5. The number of esters is 1. The fraction of sp³-hybridized carbons (Fsp3) is 0.333. The molecule has 0 aliphatic heterocycles. The molecule has 3 heteroatoms. The van der Waals surface area contributed by atoms with Crippen LogP contribution in [0.1, 0.15) is 19.4 Å². The molecule has 0 unspecified atom stereocenters. The Bertz CT molecular complexity index is 341. The molecule has 0 fully saturated rings. The van der Waals surface area contributed by atoms with Crippen molar-refractivity contribution in [2.45, 2.75) is 20.5 Å². The first-order valence-corrected chi connectivity index (χ1v) is 4.86. The molecule has 0 heterocycles. The van der Waals surface area contributed by atoms with Gasteiger partial charge in [0.15, 0.2) is 0 Å². The number of benzene rings is 1. The highest BCUT2D eigenvalue weighted by Crippen LogP contribution is 2.03. The van der Waals surface area contributed by atoms with E-state index >= 15 is 0 Å². The van der Waals surface area contributed by atoms with Gasteiger partial charge in [-0.25, -0.2) is 4.79 Å². The number of hydrogen-bond acceptors (Lipinski definition) is 3. The standard InChI is InChI=1S/C12H14O3/c1-9(2)11(13)12(14)15-8-10-6-4-3-5-7-10/h3-7,9H,8H2,1-2H3. The van der Waals surface area contributed by atoms with Crippen LogP contribution in [0.25, 0.3) is 0 Å². The summed E-state index contributed by atoms with van der Waals surface area (Å²) in [6, 6.07) is 9.27. The number of ether oxygens (including phenoxy) is 1. The molecular formula is C12H14O3. The van der Waals surface area contributed by atoms with Crippen molar-refractivity contribution in [1.82, 2.24) is 0 Å². The summed E-state index contributed by atoms with van der Waals surface area (Å²) in [6.45, 7) is 3.50. The molecule has 0 bridgehead atoms. The van der Waals surface area contributed by atoms with Crippen LogP contribution in [0.2, 0.25) is 0 Å². The van der Waals surface area contributed by atoms with Crippen molar-refractivity contribution in [3.8, 4) is 0 Å². The molecule has 3 nitrogen and oxygen atoms in total. The van der Waals surface area contributed by atoms with Crippen molar-refractivity contribution in [2.24, 2.45) is 5.92 Å². The van der Waals surface area contributed by atoms with Gasteiger partial charge in [0.25, 0.3) is 0 Å². The van der Waals surface area contributed by atoms with E-state index in [0.29, 0.717) is 0 Å². The van der Waals surface area contributed by atoms with Crippen molar-refractivity contribution in [3.05, 3.63) is 35.9 Å². The first-order valence-electron chi connectivity index (χ1n) is 4.86. The summed E-state index contributed by atoms with van der Waals surface area (Å²) in [4.78, 5) is 22.4. The normalized spacial score (nSPS) is 10.1. The average molecular weight is 206 g/mol. The number of Topliss-reactive ketones (excluding diaryl/α,β-unsaturated/α-hetero) is 1. The molecule has 0 aliphatic rings. The van der Waals surface area contributed by atoms with Crippen LogP contribution in [0.3, 0.4) is 0 Å². The largest absolute Gasteiger partial charge is 0.455 e. The smallest absolute Gasteiger partial charge is 0.375 e. The average Bonchev–Trinajstić information content (AvgIpc) is 2.26. The lowest BCUT2D eigenvalue weighted by molar-refractivity contribution is -0.156. The third-order valence-corrected chi connectivity index (χ3v) is 1.94. The lowest BCUT2D eigenvalue weighted by atomic mass is 10.1. The summed E-state index contributed by atoms with van der Waals surface area (Å²) in [5, 5.41) is 0. The molecule has 0 saturated carbocycles. The molecule has 0 radical (unpaired) electrons. The topological polar surface area (TPSA) is 43.4 Å². The summed E-state index contributed by atoms with van der Waals surface area (Å²) in [5.41, 5.74) is 0.877. The van der Waals surface area contributed by atoms with Crippen molar-refractivity contribution in [1.29, 1.82) is 0 Å². The van der Waals surface area contributed by atoms with Crippen LogP contribution in [0.4, 0.5) is 0 Å². The van der Waals surface area contributed by atoms with Crippen LogP contribution < -0.4 is 0 Å². The lowest BCUT2D eigenvalue weighted by Crippen LogP contribution is -2.22. The molecule has 0 amide bonds. The predicted octanol–water partition coefficient (Wildman–Crippen LogP) is 1.95. The Hall–Kier alpha value is -1.64. The van der Waals surface area contributed by atoms with Gasteiger partial charge in [-0.05, 0) is 5.56 Å². The van der Waals surface area contributed by atoms with Gasteiger partial charge in [0.05, 0.1) is 0 Å². The highest BCUT2D eigenvalue weighted by Gasteiger charge is 2.18. The van der Waals surface area contributed by atoms with Gasteiger partial charge < -0.3 is 4.74 Å². The van der Waals surface area contributed by atoms with Gasteiger partial charge in [-0.3, -0.25) is 4.79 Å². The monoisotopic (exact) mass is 206 g/mol. The second kappa shape index (κ2) is 5.29. The Morgan fingerprint density at radius 3 is 2.33 bits per heavy atom. The fourth-order valence-electron chi connectivity index (χ4n) is 1.03. The molecule has 0 N–H and O–H groups in total. The quantitative estimate of drug-likeness (QED) is 0.558. The van der Waals surface area contributed by atoms with E-state index in [1.807, 2.05) is 30.3 Å². The molecule has 80 valence electrons. The van der Waals surface area contributed by atoms with E-state index in [1.54, 1.807) is 13.8 Å². The Morgan fingerprint density at radius 1 is 1.20 bits per heavy atom. The number of rotatable bonds is 4. The zero-order chi connectivity index (χ0) is 11.3. The second-order valence-electron chi connectivity index (χ2n) is 3.58. The van der Waals surface area contributed by atoms with Crippen LogP contribution in [0.15, 0.2) is 30.3 Å². The van der Waals surface area contributed by atoms with Crippen LogP contribution in [-0.4, -0.2) is 11.8 Å². The number of hydrogen-bond donors (Lipinski definition) is 0. The van der Waals surface area contributed by atoms with Crippen LogP contribution in [-0.2, 0) is 20.9 Å². The van der Waals surface area contributed by atoms with Crippen molar-refractivity contribution >= 4 is 11.8 Å². The number of ketones is 1. The minimum absolute atomic E-state index is 0.151. The maximum Gasteiger partial charge on any atom is 0.375 e. The Balaban J connectivity index is 2.45. The molecule has 0 spiro atoms. The summed E-state index contributed by atoms with van der Waals surface area (Å²) in [5.74, 6) is -1.55. The van der Waals surface area contributed by atoms with E-state index < -0.39 is 11.8 Å². The van der Waals surface area contributed by atoms with Gasteiger partial charge in [0, 0.05) is 5.92 Å². The molecule has 1 aromatic carbocycles. The Kier molecular flexibility index (Phi) is 4.03. The van der Waals surface area contributed by atoms with Gasteiger partial charge in [-0.2, -0.15) is 0 Å².